The topological polar surface area (TPSA) is 38.7 Å². The first-order chi connectivity index (χ1) is 8.10. The third kappa shape index (κ3) is 10.6. The molecule has 0 aliphatic rings. The molecule has 0 radical (unpaired) electrons. The van der Waals surface area contributed by atoms with Crippen molar-refractivity contribution in [2.75, 3.05) is 19.8 Å². The highest BCUT2D eigenvalue weighted by Gasteiger charge is 2.08. The van der Waals surface area contributed by atoms with E-state index in [-0.39, 0.29) is 18.3 Å². The van der Waals surface area contributed by atoms with Gasteiger partial charge in [0, 0.05) is 0 Å². The fraction of sp³-hybridized carbons (Fsp3) is 0.833. The number of aliphatic hydroxyl groups is 1. The minimum atomic E-state index is -0.165. The molecule has 3 nitrogen and oxygen atoms in total. The summed E-state index contributed by atoms with van der Waals surface area (Å²) in [5.41, 5.74) is 0. The Labute approximate surface area is 114 Å². The summed E-state index contributed by atoms with van der Waals surface area (Å²) < 4.78 is 10.5. The second-order valence-corrected chi connectivity index (χ2v) is 4.91. The Morgan fingerprint density at radius 1 is 1.24 bits per heavy atom. The summed E-state index contributed by atoms with van der Waals surface area (Å²) in [5, 5.41) is 9.00. The Morgan fingerprint density at radius 2 is 1.94 bits per heavy atom. The van der Waals surface area contributed by atoms with Crippen LogP contribution in [-0.4, -0.2) is 35.0 Å². The molecule has 100 valence electrons. The van der Waals surface area contributed by atoms with E-state index < -0.39 is 0 Å². The maximum atomic E-state index is 8.74. The standard InChI is InChI=1S/C12H22O3S2/c1-3-5-6-10(4-2)7-15-12(17)9-14-8-11(13)16/h10H,3-9H2,1-2H3,(H,13,16). The van der Waals surface area contributed by atoms with Crippen molar-refractivity contribution < 1.29 is 14.6 Å². The summed E-state index contributed by atoms with van der Waals surface area (Å²) in [4.78, 5) is 0. The van der Waals surface area contributed by atoms with Crippen molar-refractivity contribution in [1.82, 2.24) is 0 Å². The molecule has 0 aromatic rings. The van der Waals surface area contributed by atoms with E-state index in [1.165, 1.54) is 19.3 Å². The van der Waals surface area contributed by atoms with Crippen molar-refractivity contribution in [2.45, 2.75) is 39.5 Å². The van der Waals surface area contributed by atoms with Gasteiger partial charge in [0.1, 0.15) is 13.2 Å². The van der Waals surface area contributed by atoms with E-state index in [1.807, 2.05) is 0 Å². The number of aliphatic hydroxyl groups excluding tert-OH is 1. The van der Waals surface area contributed by atoms with Gasteiger partial charge in [-0.2, -0.15) is 0 Å². The monoisotopic (exact) mass is 278 g/mol. The van der Waals surface area contributed by atoms with Crippen LogP contribution < -0.4 is 0 Å². The van der Waals surface area contributed by atoms with Crippen LogP contribution in [0, 0.1) is 5.92 Å². The zero-order valence-electron chi connectivity index (χ0n) is 10.6. The predicted molar refractivity (Wildman–Crippen MR) is 77.9 cm³/mol. The van der Waals surface area contributed by atoms with E-state index in [2.05, 4.69) is 26.1 Å². The minimum absolute atomic E-state index is 0.0336. The highest BCUT2D eigenvalue weighted by molar-refractivity contribution is 7.80. The number of unbranched alkanes of at least 4 members (excludes halogenated alkanes) is 1. The summed E-state index contributed by atoms with van der Waals surface area (Å²) >= 11 is 9.48. The quantitative estimate of drug-likeness (QED) is 0.620. The van der Waals surface area contributed by atoms with Gasteiger partial charge in [-0.05, 0) is 36.8 Å². The van der Waals surface area contributed by atoms with Crippen LogP contribution in [0.2, 0.25) is 0 Å². The maximum Gasteiger partial charge on any atom is 0.185 e. The SMILES string of the molecule is CCCCC(CC)COC(=S)COCC(O)=S. The van der Waals surface area contributed by atoms with E-state index in [4.69, 9.17) is 26.8 Å². The Morgan fingerprint density at radius 3 is 2.47 bits per heavy atom. The fourth-order valence-corrected chi connectivity index (χ4v) is 1.61. The van der Waals surface area contributed by atoms with E-state index >= 15 is 0 Å². The van der Waals surface area contributed by atoms with Crippen LogP contribution in [-0.2, 0) is 9.47 Å². The molecule has 0 rings (SSSR count). The van der Waals surface area contributed by atoms with Gasteiger partial charge < -0.3 is 14.6 Å². The summed E-state index contributed by atoms with van der Waals surface area (Å²) in [7, 11) is 0. The van der Waals surface area contributed by atoms with Crippen LogP contribution >= 0.6 is 24.4 Å². The molecule has 1 atom stereocenters. The first-order valence-corrected chi connectivity index (χ1v) is 6.86. The summed E-state index contributed by atoms with van der Waals surface area (Å²) in [6.45, 7) is 5.24. The van der Waals surface area contributed by atoms with Crippen molar-refractivity contribution in [3.8, 4) is 0 Å². The van der Waals surface area contributed by atoms with Crippen LogP contribution in [0.1, 0.15) is 39.5 Å². The third-order valence-corrected chi connectivity index (χ3v) is 2.82. The normalized spacial score (nSPS) is 12.1. The molecule has 0 saturated carbocycles. The minimum Gasteiger partial charge on any atom is -0.500 e. The molecule has 0 bridgehead atoms. The van der Waals surface area contributed by atoms with Crippen molar-refractivity contribution >= 4 is 34.5 Å². The lowest BCUT2D eigenvalue weighted by molar-refractivity contribution is 0.164. The van der Waals surface area contributed by atoms with Gasteiger partial charge in [-0.15, -0.1) is 0 Å². The van der Waals surface area contributed by atoms with Crippen molar-refractivity contribution in [3.63, 3.8) is 0 Å². The lowest BCUT2D eigenvalue weighted by Crippen LogP contribution is -2.18. The second-order valence-electron chi connectivity index (χ2n) is 3.99. The molecular formula is C12H22O3S2. The van der Waals surface area contributed by atoms with Crippen molar-refractivity contribution in [2.24, 2.45) is 5.92 Å². The number of hydrogen-bond acceptors (Lipinski definition) is 4. The summed E-state index contributed by atoms with van der Waals surface area (Å²) in [6.07, 6.45) is 4.71. The number of ether oxygens (including phenoxy) is 2. The van der Waals surface area contributed by atoms with Gasteiger partial charge in [0.25, 0.3) is 0 Å². The molecule has 1 unspecified atom stereocenters. The zero-order valence-corrected chi connectivity index (χ0v) is 12.2. The van der Waals surface area contributed by atoms with Gasteiger partial charge in [-0.1, -0.05) is 33.1 Å². The molecule has 0 aliphatic heterocycles. The molecule has 0 amide bonds. The maximum absolute atomic E-state index is 8.74. The van der Waals surface area contributed by atoms with E-state index in [9.17, 15) is 0 Å². The Hall–Kier alpha value is -0.260. The summed E-state index contributed by atoms with van der Waals surface area (Å²) in [5.74, 6) is 0.562. The molecule has 0 saturated heterocycles. The molecule has 0 fully saturated rings. The van der Waals surface area contributed by atoms with Gasteiger partial charge in [-0.3, -0.25) is 0 Å². The van der Waals surface area contributed by atoms with Crippen LogP contribution in [0.3, 0.4) is 0 Å². The van der Waals surface area contributed by atoms with Crippen LogP contribution in [0.25, 0.3) is 0 Å². The Kier molecular flexibility index (Phi) is 10.7. The molecule has 1 N–H and O–H groups in total. The largest absolute Gasteiger partial charge is 0.500 e. The first kappa shape index (κ1) is 16.7. The average molecular weight is 278 g/mol. The van der Waals surface area contributed by atoms with E-state index in [0.717, 1.165) is 6.42 Å². The second kappa shape index (κ2) is 10.9. The van der Waals surface area contributed by atoms with E-state index in [0.29, 0.717) is 17.6 Å². The lowest BCUT2D eigenvalue weighted by atomic mass is 10.0. The number of rotatable bonds is 10. The average Bonchev–Trinajstić information content (AvgIpc) is 2.29. The van der Waals surface area contributed by atoms with Crippen molar-refractivity contribution in [1.29, 1.82) is 0 Å². The highest BCUT2D eigenvalue weighted by atomic mass is 32.1. The molecule has 0 aromatic heterocycles. The smallest absolute Gasteiger partial charge is 0.185 e. The summed E-state index contributed by atoms with van der Waals surface area (Å²) in [6, 6.07) is 0. The fourth-order valence-electron chi connectivity index (χ4n) is 1.37. The number of hydrogen-bond donors (Lipinski definition) is 1. The molecule has 0 heterocycles. The molecular weight excluding hydrogens is 256 g/mol. The predicted octanol–water partition coefficient (Wildman–Crippen LogP) is 3.45. The molecule has 0 aliphatic carbocycles. The molecule has 17 heavy (non-hydrogen) atoms. The van der Waals surface area contributed by atoms with Crippen LogP contribution in [0.15, 0.2) is 0 Å². The Balaban J connectivity index is 3.62. The van der Waals surface area contributed by atoms with Gasteiger partial charge in [0.05, 0.1) is 6.61 Å². The molecule has 0 spiro atoms. The molecule has 0 aromatic carbocycles. The third-order valence-electron chi connectivity index (χ3n) is 2.47. The number of thiocarbonyl (C=S) groups is 2. The first-order valence-electron chi connectivity index (χ1n) is 6.05. The lowest BCUT2D eigenvalue weighted by Gasteiger charge is -2.15. The highest BCUT2D eigenvalue weighted by Crippen LogP contribution is 2.13. The van der Waals surface area contributed by atoms with Gasteiger partial charge in [0.15, 0.2) is 10.1 Å². The van der Waals surface area contributed by atoms with Gasteiger partial charge in [-0.25, -0.2) is 0 Å². The molecule has 5 heteroatoms. The van der Waals surface area contributed by atoms with Gasteiger partial charge >= 0.3 is 0 Å². The van der Waals surface area contributed by atoms with Crippen molar-refractivity contribution in [3.05, 3.63) is 0 Å². The zero-order chi connectivity index (χ0) is 13.1. The van der Waals surface area contributed by atoms with Crippen LogP contribution in [0.5, 0.6) is 0 Å². The Bertz CT molecular complexity index is 232. The van der Waals surface area contributed by atoms with Crippen LogP contribution in [0.4, 0.5) is 0 Å². The van der Waals surface area contributed by atoms with Gasteiger partial charge in [0.2, 0.25) is 0 Å². The van der Waals surface area contributed by atoms with E-state index in [1.54, 1.807) is 0 Å².